The molecule has 1 saturated carbocycles. The molecule has 3 aliphatic rings. The van der Waals surface area contributed by atoms with Gasteiger partial charge in [-0.1, -0.05) is 0 Å². The number of hydrogen-bond donors (Lipinski definition) is 0. The number of hydrogen-bond acceptors (Lipinski definition) is 8. The summed E-state index contributed by atoms with van der Waals surface area (Å²) < 4.78 is 5.76. The van der Waals surface area contributed by atoms with E-state index in [0.29, 0.717) is 12.0 Å². The van der Waals surface area contributed by atoms with Gasteiger partial charge in [-0.2, -0.15) is 0 Å². The first-order chi connectivity index (χ1) is 12.3. The molecule has 3 fully saturated rings. The lowest BCUT2D eigenvalue weighted by atomic mass is 10.1. The largest absolute Gasteiger partial charge is 0.424 e. The molecule has 2 aliphatic heterocycles. The van der Waals surface area contributed by atoms with Crippen LogP contribution in [-0.4, -0.2) is 75.3 Å². The topological polar surface area (TPSA) is 74.4 Å². The number of nitrogens with zero attached hydrogens (tertiary/aromatic N) is 7. The second kappa shape index (κ2) is 6.34. The van der Waals surface area contributed by atoms with Crippen LogP contribution in [0.5, 0.6) is 0 Å². The van der Waals surface area contributed by atoms with E-state index in [1.807, 2.05) is 18.5 Å². The Hall–Kier alpha value is -2.06. The van der Waals surface area contributed by atoms with Gasteiger partial charge in [-0.25, -0.2) is 9.97 Å². The molecule has 0 radical (unpaired) electrons. The standard InChI is InChI=1S/C17H23N7O/c1-4-18-17(19-5-1)24-8-6-23(7-9-24)14-10-22(11-14)12-15-20-21-16(25-15)13-2-3-13/h1,4-5,13-14H,2-3,6-12H2. The maximum atomic E-state index is 5.76. The Labute approximate surface area is 146 Å². The first-order valence-electron chi connectivity index (χ1n) is 9.16. The smallest absolute Gasteiger partial charge is 0.230 e. The average molecular weight is 341 g/mol. The van der Waals surface area contributed by atoms with Crippen LogP contribution in [0.25, 0.3) is 0 Å². The molecule has 0 atom stereocenters. The molecule has 0 amide bonds. The van der Waals surface area contributed by atoms with Crippen molar-refractivity contribution in [3.63, 3.8) is 0 Å². The molecule has 2 aromatic heterocycles. The highest BCUT2D eigenvalue weighted by Crippen LogP contribution is 2.39. The van der Waals surface area contributed by atoms with Gasteiger partial charge in [0.1, 0.15) is 0 Å². The molecule has 25 heavy (non-hydrogen) atoms. The molecule has 4 heterocycles. The normalized spacial score (nSPS) is 23.0. The summed E-state index contributed by atoms with van der Waals surface area (Å²) in [6, 6.07) is 2.50. The maximum absolute atomic E-state index is 5.76. The van der Waals surface area contributed by atoms with Crippen LogP contribution < -0.4 is 4.90 Å². The Morgan fingerprint density at radius 1 is 1.00 bits per heavy atom. The lowest BCUT2D eigenvalue weighted by Crippen LogP contribution is -2.62. The summed E-state index contributed by atoms with van der Waals surface area (Å²) in [6.07, 6.45) is 6.02. The van der Waals surface area contributed by atoms with E-state index in [0.717, 1.165) is 63.5 Å². The molecule has 2 saturated heterocycles. The summed E-state index contributed by atoms with van der Waals surface area (Å²) in [4.78, 5) is 15.9. The number of likely N-dealkylation sites (tertiary alicyclic amines) is 1. The van der Waals surface area contributed by atoms with Gasteiger partial charge in [0.25, 0.3) is 0 Å². The van der Waals surface area contributed by atoms with Crippen LogP contribution in [0.1, 0.15) is 30.5 Å². The zero-order valence-corrected chi connectivity index (χ0v) is 14.3. The SMILES string of the molecule is c1cnc(N2CCN(C3CN(Cc4nnc(C5CC5)o4)C3)CC2)nc1. The number of aromatic nitrogens is 4. The molecule has 132 valence electrons. The molecule has 0 aromatic carbocycles. The number of piperazine rings is 1. The van der Waals surface area contributed by atoms with E-state index < -0.39 is 0 Å². The lowest BCUT2D eigenvalue weighted by Gasteiger charge is -2.47. The predicted octanol–water partition coefficient (Wildman–Crippen LogP) is 0.743. The minimum atomic E-state index is 0.537. The first-order valence-corrected chi connectivity index (χ1v) is 9.16. The highest BCUT2D eigenvalue weighted by atomic mass is 16.4. The van der Waals surface area contributed by atoms with Crippen molar-refractivity contribution in [1.29, 1.82) is 0 Å². The van der Waals surface area contributed by atoms with E-state index in [1.165, 1.54) is 12.8 Å². The zero-order chi connectivity index (χ0) is 16.6. The van der Waals surface area contributed by atoms with Gasteiger partial charge >= 0.3 is 0 Å². The van der Waals surface area contributed by atoms with Crippen LogP contribution >= 0.6 is 0 Å². The third-order valence-electron chi connectivity index (χ3n) is 5.37. The van der Waals surface area contributed by atoms with Crippen molar-refractivity contribution >= 4 is 5.95 Å². The predicted molar refractivity (Wildman–Crippen MR) is 91.2 cm³/mol. The van der Waals surface area contributed by atoms with Crippen molar-refractivity contribution in [2.24, 2.45) is 0 Å². The number of anilines is 1. The quantitative estimate of drug-likeness (QED) is 0.788. The van der Waals surface area contributed by atoms with Crippen molar-refractivity contribution < 1.29 is 4.42 Å². The Morgan fingerprint density at radius 3 is 2.48 bits per heavy atom. The molecule has 8 nitrogen and oxygen atoms in total. The van der Waals surface area contributed by atoms with Gasteiger partial charge in [0.05, 0.1) is 6.54 Å². The number of rotatable bonds is 5. The van der Waals surface area contributed by atoms with Crippen molar-refractivity contribution in [2.45, 2.75) is 31.3 Å². The van der Waals surface area contributed by atoms with E-state index in [9.17, 15) is 0 Å². The molecule has 8 heteroatoms. The van der Waals surface area contributed by atoms with E-state index in [2.05, 4.69) is 34.9 Å². The van der Waals surface area contributed by atoms with Gasteiger partial charge in [-0.3, -0.25) is 9.80 Å². The Balaban J connectivity index is 1.08. The van der Waals surface area contributed by atoms with Gasteiger partial charge < -0.3 is 9.32 Å². The van der Waals surface area contributed by atoms with Crippen molar-refractivity contribution in [3.8, 4) is 0 Å². The minimum absolute atomic E-state index is 0.537. The third-order valence-corrected chi connectivity index (χ3v) is 5.37. The molecule has 1 aliphatic carbocycles. The molecule has 2 aromatic rings. The van der Waals surface area contributed by atoms with Gasteiger partial charge in [0, 0.05) is 63.6 Å². The average Bonchev–Trinajstić information content (AvgIpc) is 3.38. The van der Waals surface area contributed by atoms with Gasteiger partial charge in [0.15, 0.2) is 0 Å². The molecule has 0 unspecified atom stereocenters. The fraction of sp³-hybridized carbons (Fsp3) is 0.647. The van der Waals surface area contributed by atoms with Gasteiger partial charge in [-0.15, -0.1) is 10.2 Å². The highest BCUT2D eigenvalue weighted by molar-refractivity contribution is 5.29. The zero-order valence-electron chi connectivity index (χ0n) is 14.3. The summed E-state index contributed by atoms with van der Waals surface area (Å²) in [5.41, 5.74) is 0. The van der Waals surface area contributed by atoms with Crippen LogP contribution in [0, 0.1) is 0 Å². The first kappa shape index (κ1) is 15.2. The van der Waals surface area contributed by atoms with Crippen LogP contribution in [-0.2, 0) is 6.54 Å². The molecule has 0 N–H and O–H groups in total. The monoisotopic (exact) mass is 341 g/mol. The van der Waals surface area contributed by atoms with Crippen molar-refractivity contribution in [2.75, 3.05) is 44.2 Å². The van der Waals surface area contributed by atoms with Crippen molar-refractivity contribution in [3.05, 3.63) is 30.2 Å². The Morgan fingerprint density at radius 2 is 1.76 bits per heavy atom. The summed E-state index contributed by atoms with van der Waals surface area (Å²) >= 11 is 0. The maximum Gasteiger partial charge on any atom is 0.230 e. The van der Waals surface area contributed by atoms with E-state index in [1.54, 1.807) is 0 Å². The van der Waals surface area contributed by atoms with E-state index >= 15 is 0 Å². The van der Waals surface area contributed by atoms with Crippen LogP contribution in [0.15, 0.2) is 22.9 Å². The summed E-state index contributed by atoms with van der Waals surface area (Å²) in [5.74, 6) is 2.99. The molecule has 0 spiro atoms. The second-order valence-corrected chi connectivity index (χ2v) is 7.23. The Bertz CT molecular complexity index is 703. The van der Waals surface area contributed by atoms with Gasteiger partial charge in [0.2, 0.25) is 17.7 Å². The lowest BCUT2D eigenvalue weighted by molar-refractivity contribution is 0.0204. The fourth-order valence-corrected chi connectivity index (χ4v) is 3.66. The van der Waals surface area contributed by atoms with E-state index in [4.69, 9.17) is 4.42 Å². The van der Waals surface area contributed by atoms with Crippen LogP contribution in [0.3, 0.4) is 0 Å². The van der Waals surface area contributed by atoms with Gasteiger partial charge in [-0.05, 0) is 18.9 Å². The summed E-state index contributed by atoms with van der Waals surface area (Å²) in [5, 5.41) is 8.35. The highest BCUT2D eigenvalue weighted by Gasteiger charge is 2.35. The fourth-order valence-electron chi connectivity index (χ4n) is 3.66. The second-order valence-electron chi connectivity index (χ2n) is 7.23. The minimum Gasteiger partial charge on any atom is -0.424 e. The third kappa shape index (κ3) is 3.23. The van der Waals surface area contributed by atoms with Crippen molar-refractivity contribution in [1.82, 2.24) is 30.0 Å². The van der Waals surface area contributed by atoms with E-state index in [-0.39, 0.29) is 0 Å². The molecule has 0 bridgehead atoms. The van der Waals surface area contributed by atoms with Crippen LogP contribution in [0.2, 0.25) is 0 Å². The molecule has 5 rings (SSSR count). The van der Waals surface area contributed by atoms with Crippen LogP contribution in [0.4, 0.5) is 5.95 Å². The molecular weight excluding hydrogens is 318 g/mol. The molecular formula is C17H23N7O. The Kier molecular flexibility index (Phi) is 3.86. The summed E-state index contributed by atoms with van der Waals surface area (Å²) in [6.45, 7) is 7.09. The summed E-state index contributed by atoms with van der Waals surface area (Å²) in [7, 11) is 0.